The first-order valence-electron chi connectivity index (χ1n) is 10.2. The fraction of sp³-hybridized carbons (Fsp3) is 0.240. The average Bonchev–Trinajstić information content (AvgIpc) is 2.90. The van der Waals surface area contributed by atoms with E-state index >= 15 is 0 Å². The van der Waals surface area contributed by atoms with Crippen molar-refractivity contribution in [3.05, 3.63) is 95.3 Å². The SMILES string of the molecule is O=C(c1ccc(F)cc1)N1CCCN(C2c3ccccc3-c3ccccc32)CC1. The molecule has 1 aliphatic carbocycles. The van der Waals surface area contributed by atoms with Crippen molar-refractivity contribution in [2.75, 3.05) is 26.2 Å². The summed E-state index contributed by atoms with van der Waals surface area (Å²) in [5.41, 5.74) is 5.89. The van der Waals surface area contributed by atoms with Crippen LogP contribution in [0, 0.1) is 5.82 Å². The van der Waals surface area contributed by atoms with Crippen molar-refractivity contribution in [1.29, 1.82) is 0 Å². The van der Waals surface area contributed by atoms with Crippen LogP contribution in [0.15, 0.2) is 72.8 Å². The van der Waals surface area contributed by atoms with Gasteiger partial charge in [0.25, 0.3) is 5.91 Å². The van der Waals surface area contributed by atoms with Crippen LogP contribution >= 0.6 is 0 Å². The summed E-state index contributed by atoms with van der Waals surface area (Å²) in [7, 11) is 0. The summed E-state index contributed by atoms with van der Waals surface area (Å²) in [4.78, 5) is 17.3. The lowest BCUT2D eigenvalue weighted by Crippen LogP contribution is -2.36. The number of hydrogen-bond acceptors (Lipinski definition) is 2. The maximum Gasteiger partial charge on any atom is 0.253 e. The number of benzene rings is 3. The number of fused-ring (bicyclic) bond motifs is 3. The first-order valence-corrected chi connectivity index (χ1v) is 10.2. The molecule has 0 aromatic heterocycles. The zero-order chi connectivity index (χ0) is 19.8. The molecule has 3 aromatic rings. The van der Waals surface area contributed by atoms with Gasteiger partial charge in [-0.2, -0.15) is 0 Å². The summed E-state index contributed by atoms with van der Waals surface area (Å²) in [5, 5.41) is 0. The molecule has 1 amide bonds. The first kappa shape index (κ1) is 18.1. The molecule has 0 N–H and O–H groups in total. The highest BCUT2D eigenvalue weighted by Crippen LogP contribution is 2.46. The zero-order valence-corrected chi connectivity index (χ0v) is 16.2. The van der Waals surface area contributed by atoms with Gasteiger partial charge >= 0.3 is 0 Å². The average molecular weight is 386 g/mol. The lowest BCUT2D eigenvalue weighted by atomic mass is 10.0. The molecule has 4 heteroatoms. The summed E-state index contributed by atoms with van der Waals surface area (Å²) >= 11 is 0. The maximum atomic E-state index is 13.2. The third-order valence-corrected chi connectivity index (χ3v) is 6.07. The zero-order valence-electron chi connectivity index (χ0n) is 16.2. The Kier molecular flexibility index (Phi) is 4.64. The Hall–Kier alpha value is -2.98. The van der Waals surface area contributed by atoms with Gasteiger partial charge in [-0.1, -0.05) is 48.5 Å². The molecular formula is C25H23FN2O. The standard InChI is InChI=1S/C25H23FN2O/c26-19-12-10-18(11-13-19)25(29)28-15-5-14-27(16-17-28)24-22-8-3-1-6-20(22)21-7-2-4-9-23(21)24/h1-4,6-13,24H,5,14-17H2. The molecule has 1 fully saturated rings. The predicted octanol–water partition coefficient (Wildman–Crippen LogP) is 4.74. The van der Waals surface area contributed by atoms with Crippen molar-refractivity contribution in [3.63, 3.8) is 0 Å². The number of amides is 1. The van der Waals surface area contributed by atoms with E-state index < -0.39 is 0 Å². The Labute approximate surface area is 170 Å². The van der Waals surface area contributed by atoms with Crippen molar-refractivity contribution in [2.45, 2.75) is 12.5 Å². The van der Waals surface area contributed by atoms with Crippen molar-refractivity contribution in [2.24, 2.45) is 0 Å². The number of nitrogens with zero attached hydrogens (tertiary/aromatic N) is 2. The van der Waals surface area contributed by atoms with Crippen LogP contribution < -0.4 is 0 Å². The number of rotatable bonds is 2. The van der Waals surface area contributed by atoms with Crippen LogP contribution in [0.1, 0.15) is 33.9 Å². The minimum absolute atomic E-state index is 0.0147. The Bertz CT molecular complexity index is 1000. The molecule has 3 nitrogen and oxygen atoms in total. The topological polar surface area (TPSA) is 23.6 Å². The van der Waals surface area contributed by atoms with Crippen molar-refractivity contribution in [3.8, 4) is 11.1 Å². The van der Waals surface area contributed by atoms with Gasteiger partial charge in [-0.05, 0) is 52.9 Å². The van der Waals surface area contributed by atoms with Crippen LogP contribution in [0.5, 0.6) is 0 Å². The molecule has 1 saturated heterocycles. The van der Waals surface area contributed by atoms with Gasteiger partial charge in [0, 0.05) is 31.7 Å². The van der Waals surface area contributed by atoms with E-state index in [-0.39, 0.29) is 17.8 Å². The van der Waals surface area contributed by atoms with Crippen LogP contribution in [0.25, 0.3) is 11.1 Å². The molecule has 0 atom stereocenters. The summed E-state index contributed by atoms with van der Waals surface area (Å²) in [6.45, 7) is 3.17. The minimum atomic E-state index is -0.317. The molecule has 0 saturated carbocycles. The lowest BCUT2D eigenvalue weighted by Gasteiger charge is -2.29. The van der Waals surface area contributed by atoms with Crippen LogP contribution in [0.3, 0.4) is 0 Å². The van der Waals surface area contributed by atoms with Gasteiger partial charge in [0.1, 0.15) is 5.82 Å². The molecule has 2 aliphatic rings. The fourth-order valence-corrected chi connectivity index (χ4v) is 4.70. The van der Waals surface area contributed by atoms with Crippen molar-refractivity contribution >= 4 is 5.91 Å². The molecule has 146 valence electrons. The predicted molar refractivity (Wildman–Crippen MR) is 112 cm³/mol. The second kappa shape index (κ2) is 7.45. The summed E-state index contributed by atoms with van der Waals surface area (Å²) in [6.07, 6.45) is 0.924. The van der Waals surface area contributed by atoms with E-state index in [1.165, 1.54) is 34.4 Å². The third kappa shape index (κ3) is 3.23. The highest BCUT2D eigenvalue weighted by Gasteiger charge is 2.33. The molecule has 0 spiro atoms. The smallest absolute Gasteiger partial charge is 0.253 e. The highest BCUT2D eigenvalue weighted by molar-refractivity contribution is 5.94. The number of carbonyl (C=O) groups is 1. The number of hydrogen-bond donors (Lipinski definition) is 0. The van der Waals surface area contributed by atoms with Gasteiger partial charge in [0.05, 0.1) is 6.04 Å². The normalized spacial score (nSPS) is 16.9. The van der Waals surface area contributed by atoms with Crippen LogP contribution in [-0.4, -0.2) is 41.9 Å². The molecule has 1 heterocycles. The highest BCUT2D eigenvalue weighted by atomic mass is 19.1. The monoisotopic (exact) mass is 386 g/mol. The Balaban J connectivity index is 1.39. The molecule has 29 heavy (non-hydrogen) atoms. The van der Waals surface area contributed by atoms with Gasteiger partial charge in [-0.25, -0.2) is 4.39 Å². The summed E-state index contributed by atoms with van der Waals surface area (Å²) < 4.78 is 13.2. The quantitative estimate of drug-likeness (QED) is 0.635. The van der Waals surface area contributed by atoms with Gasteiger partial charge in [0.15, 0.2) is 0 Å². The van der Waals surface area contributed by atoms with E-state index in [1.807, 2.05) is 4.90 Å². The molecule has 5 rings (SSSR count). The van der Waals surface area contributed by atoms with Crippen LogP contribution in [0.4, 0.5) is 4.39 Å². The molecule has 3 aromatic carbocycles. The summed E-state index contributed by atoms with van der Waals surface area (Å²) in [6, 6.07) is 23.4. The second-order valence-corrected chi connectivity index (χ2v) is 7.77. The van der Waals surface area contributed by atoms with E-state index in [9.17, 15) is 9.18 Å². The molecule has 1 aliphatic heterocycles. The van der Waals surface area contributed by atoms with Gasteiger partial charge in [-0.15, -0.1) is 0 Å². The lowest BCUT2D eigenvalue weighted by molar-refractivity contribution is 0.0759. The molecule has 0 bridgehead atoms. The van der Waals surface area contributed by atoms with Crippen molar-refractivity contribution < 1.29 is 9.18 Å². The summed E-state index contributed by atoms with van der Waals surface area (Å²) in [5.74, 6) is -0.332. The largest absolute Gasteiger partial charge is 0.337 e. The van der Waals surface area contributed by atoms with Gasteiger partial charge in [-0.3, -0.25) is 9.69 Å². The molecule has 0 unspecified atom stereocenters. The third-order valence-electron chi connectivity index (χ3n) is 6.07. The van der Waals surface area contributed by atoms with Crippen molar-refractivity contribution in [1.82, 2.24) is 9.80 Å². The Morgan fingerprint density at radius 3 is 2.03 bits per heavy atom. The molecule has 0 radical (unpaired) electrons. The van der Waals surface area contributed by atoms with E-state index in [1.54, 1.807) is 12.1 Å². The van der Waals surface area contributed by atoms with Gasteiger partial charge in [0.2, 0.25) is 0 Å². The van der Waals surface area contributed by atoms with Gasteiger partial charge < -0.3 is 4.90 Å². The second-order valence-electron chi connectivity index (χ2n) is 7.77. The van der Waals surface area contributed by atoms with E-state index in [0.29, 0.717) is 12.1 Å². The van der Waals surface area contributed by atoms with E-state index in [0.717, 1.165) is 26.1 Å². The molecular weight excluding hydrogens is 363 g/mol. The minimum Gasteiger partial charge on any atom is -0.337 e. The fourth-order valence-electron chi connectivity index (χ4n) is 4.70. The van der Waals surface area contributed by atoms with Crippen LogP contribution in [-0.2, 0) is 0 Å². The van der Waals surface area contributed by atoms with E-state index in [4.69, 9.17) is 0 Å². The first-order chi connectivity index (χ1) is 14.2. The van der Waals surface area contributed by atoms with Crippen LogP contribution in [0.2, 0.25) is 0 Å². The Morgan fingerprint density at radius 1 is 0.759 bits per heavy atom. The number of halogens is 1. The maximum absolute atomic E-state index is 13.2. The Morgan fingerprint density at radius 2 is 1.38 bits per heavy atom. The van der Waals surface area contributed by atoms with E-state index in [2.05, 4.69) is 53.4 Å². The number of carbonyl (C=O) groups excluding carboxylic acids is 1.